The van der Waals surface area contributed by atoms with Gasteiger partial charge in [-0.1, -0.05) is 0 Å². The summed E-state index contributed by atoms with van der Waals surface area (Å²) < 4.78 is 10.5. The first kappa shape index (κ1) is 11.4. The first-order valence-electron chi connectivity index (χ1n) is 5.46. The predicted octanol–water partition coefficient (Wildman–Crippen LogP) is 0.0355. The minimum atomic E-state index is -0.262. The van der Waals surface area contributed by atoms with Crippen LogP contribution in [0.5, 0.6) is 0 Å². The minimum Gasteiger partial charge on any atom is -0.466 e. The van der Waals surface area contributed by atoms with E-state index in [1.54, 1.807) is 0 Å². The van der Waals surface area contributed by atoms with Gasteiger partial charge in [0.05, 0.1) is 25.4 Å². The first-order valence-corrected chi connectivity index (χ1v) is 5.46. The highest BCUT2D eigenvalue weighted by Crippen LogP contribution is 2.27. The lowest BCUT2D eigenvalue weighted by molar-refractivity contribution is -0.140. The Labute approximate surface area is 95.6 Å². The molecule has 2 rings (SSSR count). The van der Waals surface area contributed by atoms with Gasteiger partial charge < -0.3 is 14.4 Å². The Kier molecular flexibility index (Phi) is 3.16. The number of methoxy groups -OCH3 is 1. The number of likely N-dealkylation sites (N-methyl/N-ethyl adjacent to an activating group) is 2. The molecule has 0 saturated carbocycles. The van der Waals surface area contributed by atoms with Crippen LogP contribution in [0, 0.1) is 0 Å². The van der Waals surface area contributed by atoms with Crippen molar-refractivity contribution in [3.8, 4) is 0 Å². The molecule has 90 valence electrons. The minimum absolute atomic E-state index is 0.0582. The number of carbonyl (C=O) groups excluding carboxylic acids is 1. The molecular weight excluding hydrogens is 208 g/mol. The van der Waals surface area contributed by atoms with Crippen LogP contribution in [0.15, 0.2) is 11.8 Å². The van der Waals surface area contributed by atoms with Gasteiger partial charge in [-0.05, 0) is 7.05 Å². The Bertz CT molecular complexity index is 316. The van der Waals surface area contributed by atoms with E-state index >= 15 is 0 Å². The zero-order valence-electron chi connectivity index (χ0n) is 9.97. The summed E-state index contributed by atoms with van der Waals surface area (Å²) in [5, 5.41) is 0. The molecule has 0 radical (unpaired) electrons. The summed E-state index contributed by atoms with van der Waals surface area (Å²) in [6, 6.07) is 0. The van der Waals surface area contributed by atoms with Gasteiger partial charge in [-0.3, -0.25) is 4.90 Å². The Morgan fingerprint density at radius 3 is 3.00 bits per heavy atom. The van der Waals surface area contributed by atoms with Crippen LogP contribution in [-0.4, -0.2) is 62.4 Å². The standard InChI is InChI=1S/C11H18N2O3/c1-12-4-5-16-9-6-8(11(14)15-3)7-13(2)10(9)12/h7,9-10H,4-6H2,1-3H3/t9-,10+/m1/s1. The molecule has 0 aliphatic carbocycles. The number of hydrogen-bond donors (Lipinski definition) is 0. The van der Waals surface area contributed by atoms with Gasteiger partial charge in [0.25, 0.3) is 0 Å². The molecule has 0 N–H and O–H groups in total. The van der Waals surface area contributed by atoms with Crippen molar-refractivity contribution in [1.82, 2.24) is 9.80 Å². The van der Waals surface area contributed by atoms with Crippen molar-refractivity contribution >= 4 is 5.97 Å². The van der Waals surface area contributed by atoms with Crippen LogP contribution in [0.25, 0.3) is 0 Å². The number of esters is 1. The van der Waals surface area contributed by atoms with E-state index < -0.39 is 0 Å². The number of fused-ring (bicyclic) bond motifs is 1. The molecule has 16 heavy (non-hydrogen) atoms. The highest BCUT2D eigenvalue weighted by atomic mass is 16.5. The smallest absolute Gasteiger partial charge is 0.335 e. The van der Waals surface area contributed by atoms with E-state index in [0.717, 1.165) is 13.2 Å². The fourth-order valence-electron chi connectivity index (χ4n) is 2.45. The maximum Gasteiger partial charge on any atom is 0.335 e. The third-order valence-corrected chi connectivity index (χ3v) is 3.21. The molecule has 0 aromatic carbocycles. The summed E-state index contributed by atoms with van der Waals surface area (Å²) in [6.45, 7) is 1.65. The van der Waals surface area contributed by atoms with Crippen LogP contribution in [0.2, 0.25) is 0 Å². The highest BCUT2D eigenvalue weighted by Gasteiger charge is 2.37. The number of morpholine rings is 1. The molecule has 0 aromatic heterocycles. The molecule has 0 unspecified atom stereocenters. The van der Waals surface area contributed by atoms with Gasteiger partial charge in [0, 0.05) is 26.2 Å². The Hall–Kier alpha value is -1.07. The first-order chi connectivity index (χ1) is 7.63. The van der Waals surface area contributed by atoms with Gasteiger partial charge >= 0.3 is 5.97 Å². The summed E-state index contributed by atoms with van der Waals surface area (Å²) in [5.74, 6) is -0.262. The van der Waals surface area contributed by atoms with Gasteiger partial charge in [-0.25, -0.2) is 4.79 Å². The summed E-state index contributed by atoms with van der Waals surface area (Å²) in [7, 11) is 5.45. The lowest BCUT2D eigenvalue weighted by Gasteiger charge is -2.46. The van der Waals surface area contributed by atoms with Crippen LogP contribution < -0.4 is 0 Å². The van der Waals surface area contributed by atoms with Crippen molar-refractivity contribution in [1.29, 1.82) is 0 Å². The average molecular weight is 226 g/mol. The monoisotopic (exact) mass is 226 g/mol. The third-order valence-electron chi connectivity index (χ3n) is 3.21. The number of ether oxygens (including phenoxy) is 2. The van der Waals surface area contributed by atoms with E-state index in [4.69, 9.17) is 9.47 Å². The van der Waals surface area contributed by atoms with E-state index in [2.05, 4.69) is 11.9 Å². The average Bonchev–Trinajstić information content (AvgIpc) is 2.27. The fraction of sp³-hybridized carbons (Fsp3) is 0.727. The van der Waals surface area contributed by atoms with Gasteiger partial charge in [-0.2, -0.15) is 0 Å². The molecule has 5 nitrogen and oxygen atoms in total. The van der Waals surface area contributed by atoms with Gasteiger partial charge in [-0.15, -0.1) is 0 Å². The van der Waals surface area contributed by atoms with Crippen molar-refractivity contribution in [3.05, 3.63) is 11.8 Å². The maximum atomic E-state index is 11.5. The van der Waals surface area contributed by atoms with Crippen molar-refractivity contribution < 1.29 is 14.3 Å². The molecule has 5 heteroatoms. The predicted molar refractivity (Wildman–Crippen MR) is 58.6 cm³/mol. The second kappa shape index (κ2) is 4.43. The molecular formula is C11H18N2O3. The second-order valence-electron chi connectivity index (χ2n) is 4.32. The topological polar surface area (TPSA) is 42.0 Å². The van der Waals surface area contributed by atoms with E-state index in [0.29, 0.717) is 12.0 Å². The molecule has 2 aliphatic rings. The molecule has 2 heterocycles. The zero-order chi connectivity index (χ0) is 11.7. The Morgan fingerprint density at radius 2 is 2.31 bits per heavy atom. The quantitative estimate of drug-likeness (QED) is 0.590. The third kappa shape index (κ3) is 1.92. The SMILES string of the molecule is COC(=O)C1=CN(C)[C@H]2[C@@H](C1)OCCN2C. The second-order valence-corrected chi connectivity index (χ2v) is 4.32. The fourth-order valence-corrected chi connectivity index (χ4v) is 2.45. The lowest BCUT2D eigenvalue weighted by Crippen LogP contribution is -2.58. The summed E-state index contributed by atoms with van der Waals surface area (Å²) in [4.78, 5) is 15.8. The molecule has 2 aliphatic heterocycles. The largest absolute Gasteiger partial charge is 0.466 e. The highest BCUT2D eigenvalue weighted by molar-refractivity contribution is 5.88. The van der Waals surface area contributed by atoms with Crippen LogP contribution in [0.1, 0.15) is 6.42 Å². The Morgan fingerprint density at radius 1 is 1.56 bits per heavy atom. The van der Waals surface area contributed by atoms with Gasteiger partial charge in [0.1, 0.15) is 6.17 Å². The van der Waals surface area contributed by atoms with Crippen molar-refractivity contribution in [2.75, 3.05) is 34.4 Å². The number of rotatable bonds is 1. The van der Waals surface area contributed by atoms with Crippen molar-refractivity contribution in [2.45, 2.75) is 18.7 Å². The molecule has 0 aromatic rings. The van der Waals surface area contributed by atoms with E-state index in [9.17, 15) is 4.79 Å². The number of hydrogen-bond acceptors (Lipinski definition) is 5. The zero-order valence-corrected chi connectivity index (χ0v) is 9.97. The van der Waals surface area contributed by atoms with Crippen LogP contribution in [0.4, 0.5) is 0 Å². The van der Waals surface area contributed by atoms with Crippen molar-refractivity contribution in [3.63, 3.8) is 0 Å². The number of nitrogens with zero attached hydrogens (tertiary/aromatic N) is 2. The van der Waals surface area contributed by atoms with Crippen LogP contribution >= 0.6 is 0 Å². The summed E-state index contributed by atoms with van der Waals surface area (Å²) in [6.07, 6.45) is 2.77. The van der Waals surface area contributed by atoms with E-state index in [1.165, 1.54) is 7.11 Å². The summed E-state index contributed by atoms with van der Waals surface area (Å²) >= 11 is 0. The molecule has 0 spiro atoms. The molecule has 2 atom stereocenters. The van der Waals surface area contributed by atoms with Crippen LogP contribution in [0.3, 0.4) is 0 Å². The maximum absolute atomic E-state index is 11.5. The Balaban J connectivity index is 2.18. The van der Waals surface area contributed by atoms with E-state index in [-0.39, 0.29) is 18.2 Å². The molecule has 0 bridgehead atoms. The molecule has 0 amide bonds. The van der Waals surface area contributed by atoms with Gasteiger partial charge in [0.2, 0.25) is 0 Å². The van der Waals surface area contributed by atoms with E-state index in [1.807, 2.05) is 18.1 Å². The molecule has 1 saturated heterocycles. The lowest BCUT2D eigenvalue weighted by atomic mass is 10.0. The van der Waals surface area contributed by atoms with Crippen molar-refractivity contribution in [2.24, 2.45) is 0 Å². The summed E-state index contributed by atoms with van der Waals surface area (Å²) in [5.41, 5.74) is 0.682. The van der Waals surface area contributed by atoms with Crippen LogP contribution in [-0.2, 0) is 14.3 Å². The molecule has 1 fully saturated rings. The normalized spacial score (nSPS) is 30.7. The number of carbonyl (C=O) groups is 1. The van der Waals surface area contributed by atoms with Gasteiger partial charge in [0.15, 0.2) is 0 Å².